The van der Waals surface area contributed by atoms with Crippen molar-refractivity contribution in [3.63, 3.8) is 0 Å². The number of hydrogen-bond donors (Lipinski definition) is 0. The molecule has 5 rings (SSSR count). The molecule has 1 amide bonds. The maximum atomic E-state index is 13.0. The zero-order chi connectivity index (χ0) is 21.4. The maximum Gasteiger partial charge on any atom is 0.254 e. The summed E-state index contributed by atoms with van der Waals surface area (Å²) in [7, 11) is 3.14. The number of carbonyl (C=O) groups is 1. The molecule has 31 heavy (non-hydrogen) atoms. The molecule has 158 valence electrons. The summed E-state index contributed by atoms with van der Waals surface area (Å²) in [4.78, 5) is 25.9. The van der Waals surface area contributed by atoms with Crippen LogP contribution in [0.3, 0.4) is 0 Å². The number of hydrogen-bond acceptors (Lipinski definition) is 7. The lowest BCUT2D eigenvalue weighted by Crippen LogP contribution is -2.49. The van der Waals surface area contributed by atoms with E-state index in [1.165, 1.54) is 0 Å². The number of furan rings is 1. The standard InChI is InChI=1S/C23H22N4O4/c1-29-18-8-7-15(13-19(18)30-2)23(28)27-11-9-26(10-12-27)22-21-20(24-14-25-22)16-5-3-4-6-17(16)31-21/h3-8,13-14H,9-12H2,1-2H3. The molecule has 4 aromatic rings. The number of amides is 1. The summed E-state index contributed by atoms with van der Waals surface area (Å²) in [5.74, 6) is 1.87. The molecule has 0 bridgehead atoms. The number of piperazine rings is 1. The van der Waals surface area contributed by atoms with Gasteiger partial charge in [0.25, 0.3) is 5.91 Å². The molecule has 2 aromatic carbocycles. The van der Waals surface area contributed by atoms with E-state index in [1.54, 1.807) is 38.7 Å². The van der Waals surface area contributed by atoms with Crippen LogP contribution in [0, 0.1) is 0 Å². The third-order valence-electron chi connectivity index (χ3n) is 5.64. The number of anilines is 1. The van der Waals surface area contributed by atoms with E-state index in [0.29, 0.717) is 48.8 Å². The van der Waals surface area contributed by atoms with Crippen LogP contribution in [0.15, 0.2) is 53.2 Å². The number of carbonyl (C=O) groups excluding carboxylic acids is 1. The highest BCUT2D eigenvalue weighted by atomic mass is 16.5. The molecule has 1 aliphatic heterocycles. The first-order valence-electron chi connectivity index (χ1n) is 10.1. The van der Waals surface area contributed by atoms with Crippen molar-refractivity contribution in [3.8, 4) is 11.5 Å². The highest BCUT2D eigenvalue weighted by molar-refractivity contribution is 6.05. The number of benzene rings is 2. The largest absolute Gasteiger partial charge is 0.493 e. The molecular formula is C23H22N4O4. The summed E-state index contributed by atoms with van der Waals surface area (Å²) in [5, 5.41) is 0.975. The summed E-state index contributed by atoms with van der Waals surface area (Å²) in [6, 6.07) is 13.1. The summed E-state index contributed by atoms with van der Waals surface area (Å²) in [6.45, 7) is 2.47. The second kappa shape index (κ2) is 7.79. The second-order valence-electron chi connectivity index (χ2n) is 7.32. The molecule has 8 heteroatoms. The van der Waals surface area contributed by atoms with Crippen LogP contribution in [0.25, 0.3) is 22.1 Å². The van der Waals surface area contributed by atoms with Gasteiger partial charge in [-0.2, -0.15) is 0 Å². The highest BCUT2D eigenvalue weighted by Crippen LogP contribution is 2.33. The van der Waals surface area contributed by atoms with Crippen LogP contribution < -0.4 is 14.4 Å². The van der Waals surface area contributed by atoms with Crippen molar-refractivity contribution in [1.82, 2.24) is 14.9 Å². The van der Waals surface area contributed by atoms with Gasteiger partial charge in [0.15, 0.2) is 22.9 Å². The molecule has 1 aliphatic rings. The van der Waals surface area contributed by atoms with E-state index < -0.39 is 0 Å². The molecule has 8 nitrogen and oxygen atoms in total. The third kappa shape index (κ3) is 3.30. The minimum Gasteiger partial charge on any atom is -0.493 e. The van der Waals surface area contributed by atoms with Gasteiger partial charge in [0.1, 0.15) is 17.4 Å². The SMILES string of the molecule is COc1ccc(C(=O)N2CCN(c3ncnc4c3oc3ccccc34)CC2)cc1OC. The molecule has 0 unspecified atom stereocenters. The van der Waals surface area contributed by atoms with E-state index in [0.717, 1.165) is 22.3 Å². The van der Waals surface area contributed by atoms with E-state index in [9.17, 15) is 4.79 Å². The second-order valence-corrected chi connectivity index (χ2v) is 7.32. The first kappa shape index (κ1) is 19.2. The molecule has 1 fully saturated rings. The number of methoxy groups -OCH3 is 2. The average molecular weight is 418 g/mol. The van der Waals surface area contributed by atoms with Gasteiger partial charge >= 0.3 is 0 Å². The fourth-order valence-electron chi connectivity index (χ4n) is 4.01. The molecule has 0 radical (unpaired) electrons. The number of nitrogens with zero attached hydrogens (tertiary/aromatic N) is 4. The Bertz CT molecular complexity index is 1260. The Morgan fingerprint density at radius 2 is 1.74 bits per heavy atom. The lowest BCUT2D eigenvalue weighted by atomic mass is 10.1. The van der Waals surface area contributed by atoms with Crippen molar-refractivity contribution in [2.24, 2.45) is 0 Å². The minimum absolute atomic E-state index is 0.0304. The van der Waals surface area contributed by atoms with Crippen LogP contribution in [-0.2, 0) is 0 Å². The van der Waals surface area contributed by atoms with Gasteiger partial charge in [0.05, 0.1) is 14.2 Å². The fourth-order valence-corrected chi connectivity index (χ4v) is 4.01. The Labute approximate surface area is 179 Å². The smallest absolute Gasteiger partial charge is 0.254 e. The third-order valence-corrected chi connectivity index (χ3v) is 5.64. The van der Waals surface area contributed by atoms with Crippen molar-refractivity contribution in [3.05, 3.63) is 54.4 Å². The Hall–Kier alpha value is -3.81. The van der Waals surface area contributed by atoms with Crippen LogP contribution in [0.4, 0.5) is 5.82 Å². The Balaban J connectivity index is 1.35. The van der Waals surface area contributed by atoms with Gasteiger partial charge in [-0.3, -0.25) is 4.79 Å². The molecule has 0 saturated carbocycles. The predicted octanol–water partition coefficient (Wildman–Crippen LogP) is 3.36. The van der Waals surface area contributed by atoms with Crippen molar-refractivity contribution >= 4 is 33.8 Å². The quantitative estimate of drug-likeness (QED) is 0.503. The zero-order valence-electron chi connectivity index (χ0n) is 17.4. The van der Waals surface area contributed by atoms with Gasteiger partial charge in [-0.1, -0.05) is 12.1 Å². The van der Waals surface area contributed by atoms with Gasteiger partial charge in [0.2, 0.25) is 0 Å². The first-order chi connectivity index (χ1) is 15.2. The van der Waals surface area contributed by atoms with Crippen LogP contribution >= 0.6 is 0 Å². The number of fused-ring (bicyclic) bond motifs is 3. The maximum absolute atomic E-state index is 13.0. The Kier molecular flexibility index (Phi) is 4.82. The lowest BCUT2D eigenvalue weighted by molar-refractivity contribution is 0.0746. The van der Waals surface area contributed by atoms with E-state index in [1.807, 2.05) is 29.2 Å². The summed E-state index contributed by atoms with van der Waals surface area (Å²) < 4.78 is 16.6. The minimum atomic E-state index is -0.0304. The molecular weight excluding hydrogens is 396 g/mol. The average Bonchev–Trinajstić information content (AvgIpc) is 3.22. The Morgan fingerprint density at radius 3 is 2.52 bits per heavy atom. The summed E-state index contributed by atoms with van der Waals surface area (Å²) in [6.07, 6.45) is 1.57. The molecule has 0 N–H and O–H groups in total. The molecule has 3 heterocycles. The van der Waals surface area contributed by atoms with Crippen molar-refractivity contribution in [1.29, 1.82) is 0 Å². The summed E-state index contributed by atoms with van der Waals surface area (Å²) >= 11 is 0. The van der Waals surface area contributed by atoms with Crippen LogP contribution in [0.2, 0.25) is 0 Å². The van der Waals surface area contributed by atoms with Crippen LogP contribution in [0.1, 0.15) is 10.4 Å². The first-order valence-corrected chi connectivity index (χ1v) is 10.1. The zero-order valence-corrected chi connectivity index (χ0v) is 17.4. The van der Waals surface area contributed by atoms with Crippen LogP contribution in [-0.4, -0.2) is 61.2 Å². The highest BCUT2D eigenvalue weighted by Gasteiger charge is 2.26. The van der Waals surface area contributed by atoms with Gasteiger partial charge in [-0.15, -0.1) is 0 Å². The molecule has 1 saturated heterocycles. The molecule has 0 aliphatic carbocycles. The monoisotopic (exact) mass is 418 g/mol. The van der Waals surface area contributed by atoms with Gasteiger partial charge in [-0.05, 0) is 30.3 Å². The molecule has 0 atom stereocenters. The number of rotatable bonds is 4. The molecule has 0 spiro atoms. The summed E-state index contributed by atoms with van der Waals surface area (Å²) in [5.41, 5.74) is 2.86. The van der Waals surface area contributed by atoms with Crippen LogP contribution in [0.5, 0.6) is 11.5 Å². The topological polar surface area (TPSA) is 80.9 Å². The Morgan fingerprint density at radius 1 is 0.968 bits per heavy atom. The normalized spacial score (nSPS) is 14.3. The number of aromatic nitrogens is 2. The van der Waals surface area contributed by atoms with Gasteiger partial charge < -0.3 is 23.7 Å². The van der Waals surface area contributed by atoms with E-state index in [4.69, 9.17) is 13.9 Å². The van der Waals surface area contributed by atoms with Gasteiger partial charge in [-0.25, -0.2) is 9.97 Å². The predicted molar refractivity (Wildman–Crippen MR) is 117 cm³/mol. The van der Waals surface area contributed by atoms with E-state index >= 15 is 0 Å². The lowest BCUT2D eigenvalue weighted by Gasteiger charge is -2.35. The van der Waals surface area contributed by atoms with Crippen molar-refractivity contribution < 1.29 is 18.7 Å². The fraction of sp³-hybridized carbons (Fsp3) is 0.261. The van der Waals surface area contributed by atoms with Gasteiger partial charge in [0, 0.05) is 37.1 Å². The van der Waals surface area contributed by atoms with E-state index in [-0.39, 0.29) is 5.91 Å². The van der Waals surface area contributed by atoms with Crippen molar-refractivity contribution in [2.75, 3.05) is 45.3 Å². The number of ether oxygens (including phenoxy) is 2. The number of para-hydroxylation sites is 1. The van der Waals surface area contributed by atoms with E-state index in [2.05, 4.69) is 14.9 Å². The molecule has 2 aromatic heterocycles. The van der Waals surface area contributed by atoms with Crippen molar-refractivity contribution in [2.45, 2.75) is 0 Å².